The number of anilines is 1. The Morgan fingerprint density at radius 1 is 1.32 bits per heavy atom. The van der Waals surface area contributed by atoms with E-state index in [9.17, 15) is 4.79 Å². The van der Waals surface area contributed by atoms with Crippen LogP contribution in [-0.2, 0) is 0 Å². The second-order valence-electron chi connectivity index (χ2n) is 4.92. The summed E-state index contributed by atoms with van der Waals surface area (Å²) >= 11 is 0. The summed E-state index contributed by atoms with van der Waals surface area (Å²) in [5.41, 5.74) is 8.47. The lowest BCUT2D eigenvalue weighted by Gasteiger charge is -2.17. The van der Waals surface area contributed by atoms with Gasteiger partial charge in [0.25, 0.3) is 5.91 Å². The number of nitrogen functional groups attached to an aromatic ring is 1. The van der Waals surface area contributed by atoms with Gasteiger partial charge in [-0.3, -0.25) is 4.79 Å². The van der Waals surface area contributed by atoms with Crippen molar-refractivity contribution in [2.24, 2.45) is 0 Å². The summed E-state index contributed by atoms with van der Waals surface area (Å²) in [4.78, 5) is 16.2. The molecular weight excluding hydrogens is 302 g/mol. The molecule has 1 aromatic carbocycles. The molecule has 0 saturated carbocycles. The average molecular weight is 322 g/mol. The van der Waals surface area contributed by atoms with Crippen LogP contribution in [0.5, 0.6) is 5.75 Å². The maximum atomic E-state index is 12.2. The van der Waals surface area contributed by atoms with E-state index in [4.69, 9.17) is 10.5 Å². The lowest BCUT2D eigenvalue weighted by molar-refractivity contribution is 0.0934. The van der Waals surface area contributed by atoms with Gasteiger partial charge in [0.2, 0.25) is 0 Å². The third kappa shape index (κ3) is 4.11. The first-order valence-corrected chi connectivity index (χ1v) is 6.68. The molecule has 118 valence electrons. The maximum Gasteiger partial charge on any atom is 0.270 e. The van der Waals surface area contributed by atoms with Gasteiger partial charge in [-0.2, -0.15) is 0 Å². The van der Waals surface area contributed by atoms with E-state index in [2.05, 4.69) is 10.3 Å². The highest BCUT2D eigenvalue weighted by atomic mass is 35.5. The molecule has 5 nitrogen and oxygen atoms in total. The van der Waals surface area contributed by atoms with E-state index >= 15 is 0 Å². The molecule has 3 N–H and O–H groups in total. The number of carbonyl (C=O) groups excluding carboxylic acids is 1. The molecular formula is C16H20ClN3O2. The highest BCUT2D eigenvalue weighted by molar-refractivity contribution is 5.92. The van der Waals surface area contributed by atoms with Gasteiger partial charge in [-0.05, 0) is 32.0 Å². The van der Waals surface area contributed by atoms with Crippen molar-refractivity contribution < 1.29 is 9.53 Å². The van der Waals surface area contributed by atoms with Crippen molar-refractivity contribution in [3.8, 4) is 5.75 Å². The zero-order chi connectivity index (χ0) is 15.4. The minimum atomic E-state index is -0.244. The Balaban J connectivity index is 0.00000242. The Morgan fingerprint density at radius 3 is 2.64 bits per heavy atom. The summed E-state index contributed by atoms with van der Waals surface area (Å²) in [6.45, 7) is 3.91. The van der Waals surface area contributed by atoms with Gasteiger partial charge in [-0.1, -0.05) is 17.7 Å². The highest BCUT2D eigenvalue weighted by Gasteiger charge is 2.16. The fourth-order valence-electron chi connectivity index (χ4n) is 2.08. The van der Waals surface area contributed by atoms with Crippen molar-refractivity contribution in [2.75, 3.05) is 12.8 Å². The summed E-state index contributed by atoms with van der Waals surface area (Å²) in [7, 11) is 1.62. The lowest BCUT2D eigenvalue weighted by Crippen LogP contribution is -2.27. The number of pyridine rings is 1. The fraction of sp³-hybridized carbons (Fsp3) is 0.250. The predicted molar refractivity (Wildman–Crippen MR) is 89.5 cm³/mol. The minimum absolute atomic E-state index is 0. The smallest absolute Gasteiger partial charge is 0.270 e. The molecule has 1 aromatic heterocycles. The standard InChI is InChI=1S/C16H19N3O2.ClH/c1-10-4-7-15(21-3)13(8-10)11(2)19-16(20)14-6-5-12(17)9-18-14;/h4-9,11H,17H2,1-3H3,(H,19,20);1H. The quantitative estimate of drug-likeness (QED) is 0.907. The molecule has 22 heavy (non-hydrogen) atoms. The molecule has 6 heteroatoms. The van der Waals surface area contributed by atoms with Crippen LogP contribution in [0.2, 0.25) is 0 Å². The first-order chi connectivity index (χ1) is 10.0. The van der Waals surface area contributed by atoms with E-state index < -0.39 is 0 Å². The molecule has 1 unspecified atom stereocenters. The summed E-state index contributed by atoms with van der Waals surface area (Å²) in [6, 6.07) is 8.93. The number of methoxy groups -OCH3 is 1. The number of hydrogen-bond acceptors (Lipinski definition) is 4. The molecule has 0 aliphatic heterocycles. The third-order valence-electron chi connectivity index (χ3n) is 3.22. The second-order valence-corrected chi connectivity index (χ2v) is 4.92. The largest absolute Gasteiger partial charge is 0.496 e. The normalized spacial score (nSPS) is 11.2. The SMILES string of the molecule is COc1ccc(C)cc1C(C)NC(=O)c1ccc(N)cn1.Cl. The summed E-state index contributed by atoms with van der Waals surface area (Å²) < 4.78 is 5.34. The zero-order valence-electron chi connectivity index (χ0n) is 12.8. The van der Waals surface area contributed by atoms with E-state index in [0.717, 1.165) is 16.9 Å². The number of benzene rings is 1. The molecule has 0 fully saturated rings. The Morgan fingerprint density at radius 2 is 2.05 bits per heavy atom. The first-order valence-electron chi connectivity index (χ1n) is 6.68. The number of amides is 1. The van der Waals surface area contributed by atoms with Crippen molar-refractivity contribution in [2.45, 2.75) is 19.9 Å². The number of nitrogens with two attached hydrogens (primary N) is 1. The Hall–Kier alpha value is -2.27. The number of aromatic nitrogens is 1. The van der Waals surface area contributed by atoms with Crippen molar-refractivity contribution in [3.05, 3.63) is 53.3 Å². The average Bonchev–Trinajstić information content (AvgIpc) is 2.47. The van der Waals surface area contributed by atoms with Gasteiger partial charge in [0.1, 0.15) is 11.4 Å². The van der Waals surface area contributed by atoms with Crippen LogP contribution in [0.4, 0.5) is 5.69 Å². The molecule has 0 bridgehead atoms. The number of nitrogens with one attached hydrogen (secondary N) is 1. The molecule has 2 rings (SSSR count). The molecule has 1 atom stereocenters. The summed E-state index contributed by atoms with van der Waals surface area (Å²) in [5.74, 6) is 0.504. The highest BCUT2D eigenvalue weighted by Crippen LogP contribution is 2.26. The number of ether oxygens (including phenoxy) is 1. The molecule has 0 radical (unpaired) electrons. The number of carbonyl (C=O) groups is 1. The van der Waals surface area contributed by atoms with Gasteiger partial charge in [0.05, 0.1) is 25.0 Å². The van der Waals surface area contributed by atoms with Gasteiger partial charge in [0, 0.05) is 5.56 Å². The molecule has 0 saturated heterocycles. The third-order valence-corrected chi connectivity index (χ3v) is 3.22. The Labute approximate surface area is 136 Å². The molecule has 0 aliphatic carbocycles. The van der Waals surface area contributed by atoms with Gasteiger partial charge >= 0.3 is 0 Å². The van der Waals surface area contributed by atoms with Crippen LogP contribution in [0.3, 0.4) is 0 Å². The van der Waals surface area contributed by atoms with E-state index in [1.165, 1.54) is 6.20 Å². The molecule has 1 heterocycles. The second kappa shape index (κ2) is 7.66. The zero-order valence-corrected chi connectivity index (χ0v) is 13.6. The van der Waals surface area contributed by atoms with E-state index in [1.807, 2.05) is 32.0 Å². The molecule has 0 spiro atoms. The molecule has 0 aliphatic rings. The van der Waals surface area contributed by atoms with Crippen LogP contribution >= 0.6 is 12.4 Å². The monoisotopic (exact) mass is 321 g/mol. The van der Waals surface area contributed by atoms with Crippen LogP contribution in [-0.4, -0.2) is 18.0 Å². The molecule has 2 aromatic rings. The number of hydrogen-bond donors (Lipinski definition) is 2. The maximum absolute atomic E-state index is 12.2. The number of aryl methyl sites for hydroxylation is 1. The van der Waals surface area contributed by atoms with E-state index in [0.29, 0.717) is 11.4 Å². The fourth-order valence-corrected chi connectivity index (χ4v) is 2.08. The van der Waals surface area contributed by atoms with Crippen LogP contribution in [0.15, 0.2) is 36.5 Å². The van der Waals surface area contributed by atoms with Crippen LogP contribution < -0.4 is 15.8 Å². The topological polar surface area (TPSA) is 77.2 Å². The van der Waals surface area contributed by atoms with E-state index in [1.54, 1.807) is 19.2 Å². The van der Waals surface area contributed by atoms with E-state index in [-0.39, 0.29) is 24.4 Å². The Kier molecular flexibility index (Phi) is 6.19. The van der Waals surface area contributed by atoms with Crippen molar-refractivity contribution in [3.63, 3.8) is 0 Å². The summed E-state index contributed by atoms with van der Waals surface area (Å²) in [6.07, 6.45) is 1.47. The number of nitrogens with zero attached hydrogens (tertiary/aromatic N) is 1. The number of halogens is 1. The van der Waals surface area contributed by atoms with Gasteiger partial charge < -0.3 is 15.8 Å². The van der Waals surface area contributed by atoms with Crippen molar-refractivity contribution in [1.29, 1.82) is 0 Å². The molecule has 1 amide bonds. The lowest BCUT2D eigenvalue weighted by atomic mass is 10.0. The van der Waals surface area contributed by atoms with Crippen molar-refractivity contribution in [1.82, 2.24) is 10.3 Å². The van der Waals surface area contributed by atoms with Gasteiger partial charge in [-0.25, -0.2) is 4.98 Å². The van der Waals surface area contributed by atoms with Gasteiger partial charge in [0.15, 0.2) is 0 Å². The predicted octanol–water partition coefficient (Wildman–Crippen LogP) is 2.89. The van der Waals surface area contributed by atoms with Crippen LogP contribution in [0.25, 0.3) is 0 Å². The van der Waals surface area contributed by atoms with Gasteiger partial charge in [-0.15, -0.1) is 12.4 Å². The van der Waals surface area contributed by atoms with Crippen molar-refractivity contribution >= 4 is 24.0 Å². The Bertz CT molecular complexity index is 644. The summed E-state index contributed by atoms with van der Waals surface area (Å²) in [5, 5.41) is 2.91. The first kappa shape index (κ1) is 17.8. The minimum Gasteiger partial charge on any atom is -0.496 e. The van der Waals surface area contributed by atoms with Crippen LogP contribution in [0.1, 0.15) is 34.6 Å². The van der Waals surface area contributed by atoms with Crippen LogP contribution in [0, 0.1) is 6.92 Å². The number of rotatable bonds is 4.